The Kier molecular flexibility index (Phi) is 9.44. The monoisotopic (exact) mass is 381 g/mol. The molecule has 2 N–H and O–H groups in total. The van der Waals surface area contributed by atoms with Crippen molar-refractivity contribution in [1.29, 1.82) is 0 Å². The first-order valence-corrected chi connectivity index (χ1v) is 8.19. The Morgan fingerprint density at radius 2 is 1.92 bits per heavy atom. The quantitative estimate of drug-likeness (QED) is 0.392. The number of guanidine groups is 1. The third-order valence-electron chi connectivity index (χ3n) is 2.96. The third kappa shape index (κ3) is 10.7. The molecule has 1 rings (SSSR count). The lowest BCUT2D eigenvalue weighted by atomic mass is 10.3. The van der Waals surface area contributed by atoms with Crippen LogP contribution >= 0.6 is 11.6 Å². The van der Waals surface area contributed by atoms with Crippen molar-refractivity contribution in [3.8, 4) is 5.75 Å². The highest BCUT2D eigenvalue weighted by Crippen LogP contribution is 2.16. The van der Waals surface area contributed by atoms with Crippen molar-refractivity contribution in [3.05, 3.63) is 29.3 Å². The van der Waals surface area contributed by atoms with E-state index in [4.69, 9.17) is 16.3 Å². The number of hydrogen-bond acceptors (Lipinski definition) is 3. The fraction of sp³-hybridized carbons (Fsp3) is 0.562. The number of benzene rings is 1. The van der Waals surface area contributed by atoms with Gasteiger partial charge < -0.3 is 20.1 Å². The zero-order valence-corrected chi connectivity index (χ0v) is 15.0. The predicted molar refractivity (Wildman–Crippen MR) is 92.4 cm³/mol. The Hall–Kier alpha value is -1.67. The van der Waals surface area contributed by atoms with E-state index in [0.29, 0.717) is 36.2 Å². The molecule has 0 amide bonds. The second kappa shape index (κ2) is 11.0. The maximum absolute atomic E-state index is 11.9. The highest BCUT2D eigenvalue weighted by Gasteiger charge is 2.27. The van der Waals surface area contributed by atoms with Crippen LogP contribution in [0.15, 0.2) is 29.3 Å². The van der Waals surface area contributed by atoms with Crippen LogP contribution < -0.4 is 15.4 Å². The molecule has 9 heteroatoms. The average Bonchev–Trinajstić information content (AvgIpc) is 2.54. The average molecular weight is 382 g/mol. The van der Waals surface area contributed by atoms with Crippen molar-refractivity contribution < 1.29 is 22.6 Å². The van der Waals surface area contributed by atoms with E-state index in [9.17, 15) is 13.2 Å². The van der Waals surface area contributed by atoms with Gasteiger partial charge >= 0.3 is 6.18 Å². The molecule has 0 saturated carbocycles. The second-order valence-electron chi connectivity index (χ2n) is 5.28. The standard InChI is InChI=1S/C16H23ClF3N3O2/c1-12(25-14-6-4-13(17)5-7-14)10-23-15(21-2)22-8-3-9-24-11-16(18,19)20/h4-7,12H,3,8-11H2,1-2H3,(H2,21,22,23). The van der Waals surface area contributed by atoms with Crippen LogP contribution in [0.25, 0.3) is 0 Å². The number of hydrogen-bond donors (Lipinski definition) is 2. The summed E-state index contributed by atoms with van der Waals surface area (Å²) < 4.78 is 46.0. The van der Waals surface area contributed by atoms with E-state index in [1.165, 1.54) is 0 Å². The first-order valence-electron chi connectivity index (χ1n) is 7.81. The van der Waals surface area contributed by atoms with Crippen LogP contribution in [-0.2, 0) is 4.74 Å². The first kappa shape index (κ1) is 21.4. The van der Waals surface area contributed by atoms with E-state index >= 15 is 0 Å². The summed E-state index contributed by atoms with van der Waals surface area (Å²) in [5.74, 6) is 1.26. The van der Waals surface area contributed by atoms with Crippen LogP contribution in [0.3, 0.4) is 0 Å². The number of rotatable bonds is 9. The van der Waals surface area contributed by atoms with Gasteiger partial charge in [0.15, 0.2) is 5.96 Å². The normalized spacial score (nSPS) is 13.4. The number of nitrogens with zero attached hydrogens (tertiary/aromatic N) is 1. The molecule has 0 aliphatic carbocycles. The van der Waals surface area contributed by atoms with Gasteiger partial charge in [0.05, 0.1) is 6.54 Å². The minimum absolute atomic E-state index is 0.0274. The molecule has 5 nitrogen and oxygen atoms in total. The van der Waals surface area contributed by atoms with Crippen molar-refractivity contribution in [2.45, 2.75) is 25.6 Å². The molecule has 0 spiro atoms. The maximum Gasteiger partial charge on any atom is 0.411 e. The molecule has 0 aliphatic rings. The third-order valence-corrected chi connectivity index (χ3v) is 3.21. The van der Waals surface area contributed by atoms with Gasteiger partial charge in [-0.25, -0.2) is 0 Å². The van der Waals surface area contributed by atoms with Crippen molar-refractivity contribution in [1.82, 2.24) is 10.6 Å². The van der Waals surface area contributed by atoms with Crippen LogP contribution in [0.5, 0.6) is 5.75 Å². The van der Waals surface area contributed by atoms with Gasteiger partial charge in [0, 0.05) is 25.2 Å². The summed E-state index contributed by atoms with van der Waals surface area (Å²) in [6.07, 6.45) is -3.96. The van der Waals surface area contributed by atoms with Crippen LogP contribution in [0.1, 0.15) is 13.3 Å². The summed E-state index contributed by atoms with van der Waals surface area (Å²) in [6, 6.07) is 7.07. The van der Waals surface area contributed by atoms with Crippen molar-refractivity contribution in [3.63, 3.8) is 0 Å². The van der Waals surface area contributed by atoms with Gasteiger partial charge in [0.2, 0.25) is 0 Å². The number of ether oxygens (including phenoxy) is 2. The molecule has 0 saturated heterocycles. The van der Waals surface area contributed by atoms with E-state index in [2.05, 4.69) is 20.4 Å². The summed E-state index contributed by atoms with van der Waals surface area (Å²) in [4.78, 5) is 4.04. The molecule has 0 aliphatic heterocycles. The van der Waals surface area contributed by atoms with Crippen LogP contribution in [-0.4, -0.2) is 51.6 Å². The molecule has 0 fully saturated rings. The van der Waals surface area contributed by atoms with Crippen LogP contribution in [0.2, 0.25) is 5.02 Å². The minimum Gasteiger partial charge on any atom is -0.489 e. The molecule has 1 aromatic carbocycles. The summed E-state index contributed by atoms with van der Waals surface area (Å²) in [5, 5.41) is 6.72. The van der Waals surface area contributed by atoms with Gasteiger partial charge in [-0.2, -0.15) is 13.2 Å². The Labute approximate surface area is 150 Å². The second-order valence-corrected chi connectivity index (χ2v) is 5.72. The van der Waals surface area contributed by atoms with E-state index < -0.39 is 12.8 Å². The van der Waals surface area contributed by atoms with E-state index in [-0.39, 0.29) is 12.7 Å². The molecule has 1 aromatic rings. The molecular formula is C16H23ClF3N3O2. The van der Waals surface area contributed by atoms with E-state index in [1.807, 2.05) is 6.92 Å². The van der Waals surface area contributed by atoms with Crippen molar-refractivity contribution in [2.75, 3.05) is 33.4 Å². The van der Waals surface area contributed by atoms with Gasteiger partial charge in [0.1, 0.15) is 18.5 Å². The van der Waals surface area contributed by atoms with Crippen molar-refractivity contribution >= 4 is 17.6 Å². The molecule has 0 radical (unpaired) electrons. The molecule has 1 unspecified atom stereocenters. The fourth-order valence-electron chi connectivity index (χ4n) is 1.82. The topological polar surface area (TPSA) is 54.9 Å². The highest BCUT2D eigenvalue weighted by atomic mass is 35.5. The predicted octanol–water partition coefficient (Wildman–Crippen LogP) is 3.24. The Morgan fingerprint density at radius 1 is 1.24 bits per heavy atom. The van der Waals surface area contributed by atoms with Crippen LogP contribution in [0.4, 0.5) is 13.2 Å². The van der Waals surface area contributed by atoms with Gasteiger partial charge in [0.25, 0.3) is 0 Å². The molecule has 0 bridgehead atoms. The Bertz CT molecular complexity index is 524. The molecular weight excluding hydrogens is 359 g/mol. The van der Waals surface area contributed by atoms with Crippen LogP contribution in [0, 0.1) is 0 Å². The smallest absolute Gasteiger partial charge is 0.411 e. The lowest BCUT2D eigenvalue weighted by Crippen LogP contribution is -2.42. The molecule has 1 atom stereocenters. The molecule has 0 heterocycles. The molecule has 142 valence electrons. The van der Waals surface area contributed by atoms with Gasteiger partial charge in [-0.1, -0.05) is 11.6 Å². The van der Waals surface area contributed by atoms with Crippen molar-refractivity contribution in [2.24, 2.45) is 4.99 Å². The minimum atomic E-state index is -4.29. The lowest BCUT2D eigenvalue weighted by Gasteiger charge is -2.18. The lowest BCUT2D eigenvalue weighted by molar-refractivity contribution is -0.173. The SMILES string of the molecule is CN=C(NCCCOCC(F)(F)F)NCC(C)Oc1ccc(Cl)cc1. The largest absolute Gasteiger partial charge is 0.489 e. The Balaban J connectivity index is 2.17. The zero-order valence-electron chi connectivity index (χ0n) is 14.2. The molecule has 0 aromatic heterocycles. The summed E-state index contributed by atoms with van der Waals surface area (Å²) >= 11 is 5.82. The number of aliphatic imine (C=N–C) groups is 1. The number of alkyl halides is 3. The Morgan fingerprint density at radius 3 is 2.52 bits per heavy atom. The summed E-state index contributed by atoms with van der Waals surface area (Å²) in [6.45, 7) is 1.66. The van der Waals surface area contributed by atoms with Gasteiger partial charge in [-0.05, 0) is 37.6 Å². The first-order chi connectivity index (χ1) is 11.8. The van der Waals surface area contributed by atoms with E-state index in [0.717, 1.165) is 0 Å². The summed E-state index contributed by atoms with van der Waals surface area (Å²) in [5.41, 5.74) is 0. The maximum atomic E-state index is 11.9. The highest BCUT2D eigenvalue weighted by molar-refractivity contribution is 6.30. The fourth-order valence-corrected chi connectivity index (χ4v) is 1.94. The number of halogens is 4. The zero-order chi connectivity index (χ0) is 18.7. The van der Waals surface area contributed by atoms with E-state index in [1.54, 1.807) is 31.3 Å². The number of nitrogens with one attached hydrogen (secondary N) is 2. The van der Waals surface area contributed by atoms with Gasteiger partial charge in [-0.3, -0.25) is 4.99 Å². The molecule has 25 heavy (non-hydrogen) atoms. The summed E-state index contributed by atoms with van der Waals surface area (Å²) in [7, 11) is 1.61. The van der Waals surface area contributed by atoms with Gasteiger partial charge in [-0.15, -0.1) is 0 Å².